The highest BCUT2D eigenvalue weighted by Gasteiger charge is 2.58. The minimum atomic E-state index is -0.435. The van der Waals surface area contributed by atoms with Gasteiger partial charge in [0.05, 0.1) is 5.60 Å². The first kappa shape index (κ1) is 8.31. The summed E-state index contributed by atoms with van der Waals surface area (Å²) in [7, 11) is 0. The zero-order chi connectivity index (χ0) is 9.15. The SMILES string of the molecule is C=C1C2CC(C(C)(O)C2)C1(C)C. The first-order valence-corrected chi connectivity index (χ1v) is 4.77. The van der Waals surface area contributed by atoms with Crippen molar-refractivity contribution >= 4 is 0 Å². The molecular formula is C11H18O. The molecule has 3 unspecified atom stereocenters. The maximum absolute atomic E-state index is 10.1. The Morgan fingerprint density at radius 1 is 1.42 bits per heavy atom. The van der Waals surface area contributed by atoms with Gasteiger partial charge in [-0.1, -0.05) is 26.0 Å². The van der Waals surface area contributed by atoms with Crippen LogP contribution in [0.5, 0.6) is 0 Å². The molecule has 68 valence electrons. The standard InChI is InChI=1S/C11H18O/c1-7-8-5-9(10(7,2)3)11(4,12)6-8/h8-9,12H,1,5-6H2,2-4H3. The average molecular weight is 166 g/mol. The zero-order valence-electron chi connectivity index (χ0n) is 8.22. The van der Waals surface area contributed by atoms with Gasteiger partial charge < -0.3 is 5.11 Å². The van der Waals surface area contributed by atoms with Gasteiger partial charge in [0, 0.05) is 0 Å². The van der Waals surface area contributed by atoms with Crippen molar-refractivity contribution in [3.8, 4) is 0 Å². The first-order valence-electron chi connectivity index (χ1n) is 4.77. The van der Waals surface area contributed by atoms with E-state index in [4.69, 9.17) is 0 Å². The summed E-state index contributed by atoms with van der Waals surface area (Å²) in [4.78, 5) is 0. The van der Waals surface area contributed by atoms with Gasteiger partial charge in [0.25, 0.3) is 0 Å². The summed E-state index contributed by atoms with van der Waals surface area (Å²) in [6.07, 6.45) is 2.08. The third kappa shape index (κ3) is 0.779. The van der Waals surface area contributed by atoms with Crippen molar-refractivity contribution in [2.45, 2.75) is 39.2 Å². The summed E-state index contributed by atoms with van der Waals surface area (Å²) in [5.74, 6) is 1.02. The fourth-order valence-electron chi connectivity index (χ4n) is 3.35. The molecule has 2 saturated carbocycles. The van der Waals surface area contributed by atoms with E-state index >= 15 is 0 Å². The normalized spacial score (nSPS) is 50.2. The molecule has 0 aliphatic heterocycles. The molecule has 0 saturated heterocycles. The van der Waals surface area contributed by atoms with Crippen LogP contribution in [0.1, 0.15) is 33.6 Å². The van der Waals surface area contributed by atoms with Gasteiger partial charge in [0.1, 0.15) is 0 Å². The van der Waals surface area contributed by atoms with E-state index < -0.39 is 5.60 Å². The lowest BCUT2D eigenvalue weighted by Crippen LogP contribution is -2.41. The van der Waals surface area contributed by atoms with Crippen molar-refractivity contribution in [1.82, 2.24) is 0 Å². The van der Waals surface area contributed by atoms with E-state index in [9.17, 15) is 5.11 Å². The lowest BCUT2D eigenvalue weighted by atomic mass is 9.67. The molecule has 0 spiro atoms. The average Bonchev–Trinajstić information content (AvgIpc) is 2.31. The summed E-state index contributed by atoms with van der Waals surface area (Å²) < 4.78 is 0. The second-order valence-electron chi connectivity index (χ2n) is 5.29. The Bertz CT molecular complexity index is 237. The Hall–Kier alpha value is -0.300. The van der Waals surface area contributed by atoms with Crippen LogP contribution < -0.4 is 0 Å². The molecule has 0 aromatic rings. The van der Waals surface area contributed by atoms with Gasteiger partial charge in [0.2, 0.25) is 0 Å². The second-order valence-corrected chi connectivity index (χ2v) is 5.29. The molecule has 2 aliphatic carbocycles. The molecule has 0 amide bonds. The van der Waals surface area contributed by atoms with Crippen LogP contribution in [0.15, 0.2) is 12.2 Å². The van der Waals surface area contributed by atoms with E-state index in [1.54, 1.807) is 0 Å². The van der Waals surface area contributed by atoms with Crippen LogP contribution in [-0.4, -0.2) is 10.7 Å². The highest BCUT2D eigenvalue weighted by Crippen LogP contribution is 2.62. The van der Waals surface area contributed by atoms with Gasteiger partial charge >= 0.3 is 0 Å². The van der Waals surface area contributed by atoms with Gasteiger partial charge in [-0.25, -0.2) is 0 Å². The Morgan fingerprint density at radius 3 is 2.33 bits per heavy atom. The van der Waals surface area contributed by atoms with Crippen molar-refractivity contribution < 1.29 is 5.11 Å². The quantitative estimate of drug-likeness (QED) is 0.548. The molecular weight excluding hydrogens is 148 g/mol. The topological polar surface area (TPSA) is 20.2 Å². The molecule has 1 N–H and O–H groups in total. The van der Waals surface area contributed by atoms with Crippen molar-refractivity contribution in [1.29, 1.82) is 0 Å². The molecule has 0 heterocycles. The van der Waals surface area contributed by atoms with Gasteiger partial charge in [-0.15, -0.1) is 0 Å². The summed E-state index contributed by atoms with van der Waals surface area (Å²) in [5, 5.41) is 10.1. The predicted octanol–water partition coefficient (Wildman–Crippen LogP) is 2.36. The molecule has 0 radical (unpaired) electrons. The predicted molar refractivity (Wildman–Crippen MR) is 49.8 cm³/mol. The van der Waals surface area contributed by atoms with Crippen LogP contribution in [0, 0.1) is 17.3 Å². The van der Waals surface area contributed by atoms with Gasteiger partial charge in [-0.05, 0) is 37.0 Å². The number of rotatable bonds is 0. The minimum absolute atomic E-state index is 0.159. The minimum Gasteiger partial charge on any atom is -0.390 e. The summed E-state index contributed by atoms with van der Waals surface area (Å²) in [6, 6.07) is 0. The molecule has 2 aliphatic rings. The van der Waals surface area contributed by atoms with E-state index in [1.807, 2.05) is 6.92 Å². The lowest BCUT2D eigenvalue weighted by Gasteiger charge is -2.41. The summed E-state index contributed by atoms with van der Waals surface area (Å²) in [5.41, 5.74) is 1.08. The third-order valence-electron chi connectivity index (χ3n) is 4.12. The number of aliphatic hydroxyl groups is 1. The molecule has 0 aromatic carbocycles. The molecule has 2 bridgehead atoms. The third-order valence-corrected chi connectivity index (χ3v) is 4.12. The van der Waals surface area contributed by atoms with E-state index in [1.165, 1.54) is 5.57 Å². The zero-order valence-corrected chi connectivity index (χ0v) is 8.22. The van der Waals surface area contributed by atoms with Gasteiger partial charge in [0.15, 0.2) is 0 Å². The molecule has 12 heavy (non-hydrogen) atoms. The Morgan fingerprint density at radius 2 is 2.00 bits per heavy atom. The number of hydrogen-bond donors (Lipinski definition) is 1. The van der Waals surface area contributed by atoms with E-state index in [2.05, 4.69) is 20.4 Å². The highest BCUT2D eigenvalue weighted by atomic mass is 16.3. The Labute approximate surface area is 74.5 Å². The van der Waals surface area contributed by atoms with Crippen molar-refractivity contribution in [2.24, 2.45) is 17.3 Å². The second kappa shape index (κ2) is 1.95. The monoisotopic (exact) mass is 166 g/mol. The van der Waals surface area contributed by atoms with Crippen LogP contribution >= 0.6 is 0 Å². The molecule has 3 atom stereocenters. The van der Waals surface area contributed by atoms with Crippen LogP contribution in [0.3, 0.4) is 0 Å². The van der Waals surface area contributed by atoms with E-state index in [0.29, 0.717) is 11.8 Å². The molecule has 1 heteroatoms. The number of hydrogen-bond acceptors (Lipinski definition) is 1. The lowest BCUT2D eigenvalue weighted by molar-refractivity contribution is -0.0275. The van der Waals surface area contributed by atoms with Crippen LogP contribution in [0.25, 0.3) is 0 Å². The van der Waals surface area contributed by atoms with Crippen molar-refractivity contribution in [3.05, 3.63) is 12.2 Å². The smallest absolute Gasteiger partial charge is 0.0661 e. The fraction of sp³-hybridized carbons (Fsp3) is 0.818. The Kier molecular flexibility index (Phi) is 1.35. The summed E-state index contributed by atoms with van der Waals surface area (Å²) >= 11 is 0. The maximum Gasteiger partial charge on any atom is 0.0661 e. The Balaban J connectivity index is 2.39. The largest absolute Gasteiger partial charge is 0.390 e. The van der Waals surface area contributed by atoms with Crippen LogP contribution in [-0.2, 0) is 0 Å². The molecule has 1 nitrogen and oxygen atoms in total. The summed E-state index contributed by atoms with van der Waals surface area (Å²) in [6.45, 7) is 10.6. The van der Waals surface area contributed by atoms with Gasteiger partial charge in [-0.2, -0.15) is 0 Å². The van der Waals surface area contributed by atoms with Crippen LogP contribution in [0.4, 0.5) is 0 Å². The fourth-order valence-corrected chi connectivity index (χ4v) is 3.35. The molecule has 0 aromatic heterocycles. The maximum atomic E-state index is 10.1. The van der Waals surface area contributed by atoms with E-state index in [0.717, 1.165) is 12.8 Å². The molecule has 2 fully saturated rings. The number of allylic oxidation sites excluding steroid dienone is 1. The number of fused-ring (bicyclic) bond motifs is 2. The molecule has 2 rings (SSSR count). The van der Waals surface area contributed by atoms with Crippen LogP contribution in [0.2, 0.25) is 0 Å². The highest BCUT2D eigenvalue weighted by molar-refractivity contribution is 5.27. The van der Waals surface area contributed by atoms with Gasteiger partial charge in [-0.3, -0.25) is 0 Å². The van der Waals surface area contributed by atoms with Crippen molar-refractivity contribution in [3.63, 3.8) is 0 Å². The first-order chi connectivity index (χ1) is 5.36. The van der Waals surface area contributed by atoms with E-state index in [-0.39, 0.29) is 5.41 Å². The van der Waals surface area contributed by atoms with Crippen molar-refractivity contribution in [2.75, 3.05) is 0 Å².